The Morgan fingerprint density at radius 3 is 2.39 bits per heavy atom. The molecule has 0 spiro atoms. The van der Waals surface area contributed by atoms with Crippen LogP contribution in [0.5, 0.6) is 0 Å². The Kier molecular flexibility index (Phi) is 7.14. The minimum Gasteiger partial charge on any atom is -0.342 e. The maximum absolute atomic E-state index is 12.3. The summed E-state index contributed by atoms with van der Waals surface area (Å²) in [6, 6.07) is 0. The quantitative estimate of drug-likeness (QED) is 0.827. The largest absolute Gasteiger partial charge is 0.342 e. The number of amides is 1. The molecule has 5 nitrogen and oxygen atoms in total. The molecule has 3 aliphatic heterocycles. The van der Waals surface area contributed by atoms with Crippen LogP contribution in [0.3, 0.4) is 0 Å². The van der Waals surface area contributed by atoms with Gasteiger partial charge in [0.2, 0.25) is 5.91 Å². The van der Waals surface area contributed by atoms with Crippen LogP contribution in [0, 0.1) is 5.41 Å². The molecule has 3 saturated heterocycles. The summed E-state index contributed by atoms with van der Waals surface area (Å²) < 4.78 is 0. The van der Waals surface area contributed by atoms with Crippen molar-refractivity contribution >= 4 is 18.3 Å². The summed E-state index contributed by atoms with van der Waals surface area (Å²) >= 11 is 0. The van der Waals surface area contributed by atoms with E-state index in [-0.39, 0.29) is 12.4 Å². The maximum atomic E-state index is 12.3. The van der Waals surface area contributed by atoms with Gasteiger partial charge in [-0.3, -0.25) is 9.69 Å². The van der Waals surface area contributed by atoms with Crippen molar-refractivity contribution in [3.05, 3.63) is 0 Å². The molecule has 0 aromatic carbocycles. The standard InChI is InChI=1S/C17H32N4O.ClH/c1-17(5-6-18-14-17)15-20-8-4-7-19(11-12-20)13-16(22)21-9-2-3-10-21;/h18H,2-15H2,1H3;1H. The molecule has 134 valence electrons. The number of hydrogen-bond acceptors (Lipinski definition) is 4. The van der Waals surface area contributed by atoms with E-state index >= 15 is 0 Å². The number of halogens is 1. The van der Waals surface area contributed by atoms with Crippen molar-refractivity contribution in [2.75, 3.05) is 65.4 Å². The minimum absolute atomic E-state index is 0. The van der Waals surface area contributed by atoms with Crippen LogP contribution in [0.15, 0.2) is 0 Å². The molecule has 0 saturated carbocycles. The first-order valence-corrected chi connectivity index (χ1v) is 9.08. The number of rotatable bonds is 4. The van der Waals surface area contributed by atoms with Crippen molar-refractivity contribution in [3.63, 3.8) is 0 Å². The summed E-state index contributed by atoms with van der Waals surface area (Å²) in [6.45, 7) is 12.9. The zero-order valence-corrected chi connectivity index (χ0v) is 15.4. The fraction of sp³-hybridized carbons (Fsp3) is 0.941. The van der Waals surface area contributed by atoms with Crippen LogP contribution in [0.25, 0.3) is 0 Å². The van der Waals surface area contributed by atoms with Crippen molar-refractivity contribution in [2.24, 2.45) is 5.41 Å². The maximum Gasteiger partial charge on any atom is 0.236 e. The third kappa shape index (κ3) is 5.31. The molecule has 0 radical (unpaired) electrons. The molecule has 0 aromatic heterocycles. The van der Waals surface area contributed by atoms with Crippen LogP contribution < -0.4 is 5.32 Å². The number of nitrogens with one attached hydrogen (secondary N) is 1. The second-order valence-electron chi connectivity index (χ2n) is 7.73. The zero-order valence-electron chi connectivity index (χ0n) is 14.6. The van der Waals surface area contributed by atoms with E-state index in [1.807, 2.05) is 4.90 Å². The molecule has 0 bridgehead atoms. The van der Waals surface area contributed by atoms with E-state index in [0.29, 0.717) is 17.9 Å². The summed E-state index contributed by atoms with van der Waals surface area (Å²) in [5.41, 5.74) is 0.445. The molecule has 0 aromatic rings. The Balaban J connectivity index is 0.00000192. The summed E-state index contributed by atoms with van der Waals surface area (Å²) in [7, 11) is 0. The summed E-state index contributed by atoms with van der Waals surface area (Å²) in [5.74, 6) is 0.345. The first-order valence-electron chi connectivity index (χ1n) is 9.08. The van der Waals surface area contributed by atoms with E-state index in [9.17, 15) is 4.79 Å². The highest BCUT2D eigenvalue weighted by molar-refractivity contribution is 5.85. The van der Waals surface area contributed by atoms with Gasteiger partial charge in [-0.1, -0.05) is 6.92 Å². The van der Waals surface area contributed by atoms with Gasteiger partial charge in [0.25, 0.3) is 0 Å². The molecule has 6 heteroatoms. The molecular formula is C17H33ClN4O. The van der Waals surface area contributed by atoms with Crippen molar-refractivity contribution in [2.45, 2.75) is 32.6 Å². The Morgan fingerprint density at radius 1 is 1.00 bits per heavy atom. The lowest BCUT2D eigenvalue weighted by Gasteiger charge is -2.31. The summed E-state index contributed by atoms with van der Waals surface area (Å²) in [5, 5.41) is 3.50. The molecule has 1 N–H and O–H groups in total. The smallest absolute Gasteiger partial charge is 0.236 e. The first kappa shape index (κ1) is 19.0. The van der Waals surface area contributed by atoms with Gasteiger partial charge < -0.3 is 15.1 Å². The molecule has 3 rings (SSSR count). The van der Waals surface area contributed by atoms with Gasteiger partial charge in [0, 0.05) is 39.3 Å². The zero-order chi connectivity index (χ0) is 15.4. The van der Waals surface area contributed by atoms with Crippen LogP contribution in [0.4, 0.5) is 0 Å². The SMILES string of the molecule is CC1(CN2CCCN(CC(=O)N3CCCC3)CC2)CCNC1.Cl. The normalized spacial score (nSPS) is 30.2. The molecule has 1 unspecified atom stereocenters. The van der Waals surface area contributed by atoms with E-state index in [4.69, 9.17) is 0 Å². The van der Waals surface area contributed by atoms with Gasteiger partial charge in [-0.2, -0.15) is 0 Å². The topological polar surface area (TPSA) is 38.8 Å². The molecule has 3 fully saturated rings. The van der Waals surface area contributed by atoms with Crippen molar-refractivity contribution in [3.8, 4) is 0 Å². The average Bonchev–Trinajstić information content (AvgIpc) is 3.11. The van der Waals surface area contributed by atoms with E-state index in [0.717, 1.165) is 39.3 Å². The van der Waals surface area contributed by atoms with Crippen molar-refractivity contribution in [1.29, 1.82) is 0 Å². The molecule has 3 heterocycles. The number of nitrogens with zero attached hydrogens (tertiary/aromatic N) is 3. The van der Waals surface area contributed by atoms with Crippen LogP contribution in [-0.4, -0.2) is 86.1 Å². The van der Waals surface area contributed by atoms with Gasteiger partial charge in [-0.05, 0) is 50.7 Å². The van der Waals surface area contributed by atoms with E-state index in [2.05, 4.69) is 22.0 Å². The lowest BCUT2D eigenvalue weighted by molar-refractivity contribution is -0.131. The summed E-state index contributed by atoms with van der Waals surface area (Å²) in [4.78, 5) is 19.3. The van der Waals surface area contributed by atoms with Gasteiger partial charge in [-0.25, -0.2) is 0 Å². The third-order valence-corrected chi connectivity index (χ3v) is 5.56. The van der Waals surface area contributed by atoms with Crippen LogP contribution in [-0.2, 0) is 4.79 Å². The average molecular weight is 345 g/mol. The Morgan fingerprint density at radius 2 is 1.70 bits per heavy atom. The second kappa shape index (κ2) is 8.65. The number of hydrogen-bond donors (Lipinski definition) is 1. The van der Waals surface area contributed by atoms with E-state index in [1.54, 1.807) is 0 Å². The Labute approximate surface area is 147 Å². The number of likely N-dealkylation sites (tertiary alicyclic amines) is 1. The minimum atomic E-state index is 0. The fourth-order valence-electron chi connectivity index (χ4n) is 4.14. The fourth-order valence-corrected chi connectivity index (χ4v) is 4.14. The predicted molar refractivity (Wildman–Crippen MR) is 96.2 cm³/mol. The van der Waals surface area contributed by atoms with Gasteiger partial charge in [0.05, 0.1) is 6.54 Å². The number of carbonyl (C=O) groups excluding carboxylic acids is 1. The van der Waals surface area contributed by atoms with E-state index < -0.39 is 0 Å². The number of carbonyl (C=O) groups is 1. The third-order valence-electron chi connectivity index (χ3n) is 5.56. The van der Waals surface area contributed by atoms with Gasteiger partial charge in [0.1, 0.15) is 0 Å². The van der Waals surface area contributed by atoms with Crippen LogP contribution >= 0.6 is 12.4 Å². The molecule has 1 amide bonds. The van der Waals surface area contributed by atoms with Crippen LogP contribution in [0.1, 0.15) is 32.6 Å². The van der Waals surface area contributed by atoms with Crippen molar-refractivity contribution in [1.82, 2.24) is 20.0 Å². The predicted octanol–water partition coefficient (Wildman–Crippen LogP) is 1.04. The molecule has 1 atom stereocenters. The van der Waals surface area contributed by atoms with E-state index in [1.165, 1.54) is 45.3 Å². The highest BCUT2D eigenvalue weighted by Gasteiger charge is 2.31. The van der Waals surface area contributed by atoms with Crippen molar-refractivity contribution < 1.29 is 4.79 Å². The first-order chi connectivity index (χ1) is 10.6. The second-order valence-corrected chi connectivity index (χ2v) is 7.73. The van der Waals surface area contributed by atoms with Gasteiger partial charge in [0.15, 0.2) is 0 Å². The summed E-state index contributed by atoms with van der Waals surface area (Å²) in [6.07, 6.45) is 4.86. The molecule has 3 aliphatic rings. The molecule has 0 aliphatic carbocycles. The van der Waals surface area contributed by atoms with Gasteiger partial charge in [-0.15, -0.1) is 12.4 Å². The van der Waals surface area contributed by atoms with Gasteiger partial charge >= 0.3 is 0 Å². The molecular weight excluding hydrogens is 312 g/mol. The lowest BCUT2D eigenvalue weighted by atomic mass is 9.89. The monoisotopic (exact) mass is 344 g/mol. The molecule has 23 heavy (non-hydrogen) atoms. The van der Waals surface area contributed by atoms with Crippen LogP contribution in [0.2, 0.25) is 0 Å². The Bertz CT molecular complexity index is 381. The highest BCUT2D eigenvalue weighted by Crippen LogP contribution is 2.26. The lowest BCUT2D eigenvalue weighted by Crippen LogP contribution is -2.42. The highest BCUT2D eigenvalue weighted by atomic mass is 35.5. The Hall–Kier alpha value is -0.360.